The molecule has 1 aliphatic rings. The molecule has 1 fully saturated rings. The quantitative estimate of drug-likeness (QED) is 0.857. The van der Waals surface area contributed by atoms with Crippen molar-refractivity contribution in [1.82, 2.24) is 15.2 Å². The topological polar surface area (TPSA) is 71.2 Å². The van der Waals surface area contributed by atoms with Gasteiger partial charge in [-0.05, 0) is 31.9 Å². The molecular weight excluding hydrogens is 240 g/mol. The summed E-state index contributed by atoms with van der Waals surface area (Å²) in [5.74, 6) is -0.112. The van der Waals surface area contributed by atoms with Gasteiger partial charge in [0.25, 0.3) is 5.91 Å². The van der Waals surface area contributed by atoms with E-state index in [1.54, 1.807) is 12.3 Å². The molecule has 0 spiro atoms. The molecule has 0 saturated carbocycles. The van der Waals surface area contributed by atoms with Crippen LogP contribution in [0.15, 0.2) is 18.5 Å². The SMILES string of the molecule is CCCN1CCC(NC(=O)c2cnccc2N)CC1. The predicted molar refractivity (Wildman–Crippen MR) is 75.9 cm³/mol. The van der Waals surface area contributed by atoms with Gasteiger partial charge in [0.1, 0.15) is 0 Å². The van der Waals surface area contributed by atoms with Gasteiger partial charge in [0, 0.05) is 37.2 Å². The Morgan fingerprint density at radius 2 is 2.26 bits per heavy atom. The first kappa shape index (κ1) is 13.8. The number of likely N-dealkylation sites (tertiary alicyclic amines) is 1. The van der Waals surface area contributed by atoms with Gasteiger partial charge in [-0.1, -0.05) is 6.92 Å². The zero-order valence-corrected chi connectivity index (χ0v) is 11.4. The van der Waals surface area contributed by atoms with Gasteiger partial charge in [-0.3, -0.25) is 9.78 Å². The molecule has 0 aliphatic carbocycles. The number of amides is 1. The number of hydrogen-bond acceptors (Lipinski definition) is 4. The summed E-state index contributed by atoms with van der Waals surface area (Å²) in [6, 6.07) is 1.90. The number of carbonyl (C=O) groups excluding carboxylic acids is 1. The van der Waals surface area contributed by atoms with E-state index in [0.717, 1.165) is 32.5 Å². The highest BCUT2D eigenvalue weighted by Crippen LogP contribution is 2.13. The second-order valence-electron chi connectivity index (χ2n) is 5.05. The zero-order chi connectivity index (χ0) is 13.7. The lowest BCUT2D eigenvalue weighted by atomic mass is 10.0. The molecule has 3 N–H and O–H groups in total. The summed E-state index contributed by atoms with van der Waals surface area (Å²) in [6.45, 7) is 5.46. The van der Waals surface area contributed by atoms with Gasteiger partial charge in [-0.15, -0.1) is 0 Å². The molecule has 0 atom stereocenters. The molecule has 104 valence electrons. The molecule has 0 unspecified atom stereocenters. The minimum Gasteiger partial charge on any atom is -0.398 e. The average molecular weight is 262 g/mol. The lowest BCUT2D eigenvalue weighted by Gasteiger charge is -2.32. The third-order valence-corrected chi connectivity index (χ3v) is 3.56. The number of piperidine rings is 1. The highest BCUT2D eigenvalue weighted by Gasteiger charge is 2.21. The van der Waals surface area contributed by atoms with Crippen molar-refractivity contribution in [2.24, 2.45) is 0 Å². The number of carbonyl (C=O) groups is 1. The third-order valence-electron chi connectivity index (χ3n) is 3.56. The van der Waals surface area contributed by atoms with E-state index in [1.807, 2.05) is 0 Å². The second-order valence-corrected chi connectivity index (χ2v) is 5.05. The van der Waals surface area contributed by atoms with Crippen molar-refractivity contribution in [1.29, 1.82) is 0 Å². The Labute approximate surface area is 114 Å². The Morgan fingerprint density at radius 3 is 2.89 bits per heavy atom. The Balaban J connectivity index is 1.86. The first-order valence-corrected chi connectivity index (χ1v) is 6.93. The van der Waals surface area contributed by atoms with Crippen molar-refractivity contribution in [2.45, 2.75) is 32.2 Å². The second kappa shape index (κ2) is 6.52. The summed E-state index contributed by atoms with van der Waals surface area (Å²) in [4.78, 5) is 18.5. The van der Waals surface area contributed by atoms with Gasteiger partial charge in [0.05, 0.1) is 5.56 Å². The maximum Gasteiger partial charge on any atom is 0.255 e. The molecule has 5 heteroatoms. The van der Waals surface area contributed by atoms with Crippen LogP contribution in [-0.4, -0.2) is 41.5 Å². The number of nitrogens with two attached hydrogens (primary N) is 1. The van der Waals surface area contributed by atoms with E-state index >= 15 is 0 Å². The largest absolute Gasteiger partial charge is 0.398 e. The van der Waals surface area contributed by atoms with Crippen molar-refractivity contribution < 1.29 is 4.79 Å². The molecular formula is C14H22N4O. The van der Waals surface area contributed by atoms with E-state index in [0.29, 0.717) is 11.3 Å². The first-order valence-electron chi connectivity index (χ1n) is 6.93. The lowest BCUT2D eigenvalue weighted by Crippen LogP contribution is -2.44. The molecule has 1 saturated heterocycles. The van der Waals surface area contributed by atoms with Crippen molar-refractivity contribution in [3.63, 3.8) is 0 Å². The van der Waals surface area contributed by atoms with E-state index in [4.69, 9.17) is 5.73 Å². The Morgan fingerprint density at radius 1 is 1.53 bits per heavy atom. The number of pyridine rings is 1. The molecule has 1 aliphatic heterocycles. The molecule has 1 amide bonds. The molecule has 5 nitrogen and oxygen atoms in total. The van der Waals surface area contributed by atoms with Gasteiger partial charge < -0.3 is 16.0 Å². The normalized spacial score (nSPS) is 17.3. The van der Waals surface area contributed by atoms with Crippen molar-refractivity contribution in [3.8, 4) is 0 Å². The average Bonchev–Trinajstić information content (AvgIpc) is 2.42. The molecule has 0 bridgehead atoms. The summed E-state index contributed by atoms with van der Waals surface area (Å²) in [7, 11) is 0. The number of nitrogens with one attached hydrogen (secondary N) is 1. The van der Waals surface area contributed by atoms with Crippen LogP contribution in [0.1, 0.15) is 36.5 Å². The van der Waals surface area contributed by atoms with Crippen LogP contribution >= 0.6 is 0 Å². The molecule has 1 aromatic heterocycles. The standard InChI is InChI=1S/C14H22N4O/c1-2-7-18-8-4-11(5-9-18)17-14(19)12-10-16-6-3-13(12)15/h3,6,10-11H,2,4-5,7-9H2,1H3,(H2,15,16)(H,17,19). The first-order chi connectivity index (χ1) is 9.20. The van der Waals surface area contributed by atoms with Crippen LogP contribution in [0.2, 0.25) is 0 Å². The van der Waals surface area contributed by atoms with Crippen LogP contribution in [0.3, 0.4) is 0 Å². The molecule has 0 aromatic carbocycles. The van der Waals surface area contributed by atoms with Gasteiger partial charge in [-0.2, -0.15) is 0 Å². The van der Waals surface area contributed by atoms with Gasteiger partial charge >= 0.3 is 0 Å². The van der Waals surface area contributed by atoms with Crippen LogP contribution in [0.5, 0.6) is 0 Å². The number of rotatable bonds is 4. The maximum atomic E-state index is 12.1. The summed E-state index contributed by atoms with van der Waals surface area (Å²) < 4.78 is 0. The van der Waals surface area contributed by atoms with Crippen LogP contribution in [0.4, 0.5) is 5.69 Å². The number of anilines is 1. The number of aromatic nitrogens is 1. The van der Waals surface area contributed by atoms with Gasteiger partial charge in [0.15, 0.2) is 0 Å². The summed E-state index contributed by atoms with van der Waals surface area (Å²) in [5.41, 5.74) is 6.73. The molecule has 2 rings (SSSR count). The van der Waals surface area contributed by atoms with Gasteiger partial charge in [-0.25, -0.2) is 0 Å². The minimum atomic E-state index is -0.112. The lowest BCUT2D eigenvalue weighted by molar-refractivity contribution is 0.0911. The number of hydrogen-bond donors (Lipinski definition) is 2. The highest BCUT2D eigenvalue weighted by molar-refractivity contribution is 5.98. The Kier molecular flexibility index (Phi) is 4.74. The predicted octanol–water partition coefficient (Wildman–Crippen LogP) is 1.27. The van der Waals surface area contributed by atoms with Gasteiger partial charge in [0.2, 0.25) is 0 Å². The molecule has 1 aromatic rings. The molecule has 0 radical (unpaired) electrons. The fourth-order valence-electron chi connectivity index (χ4n) is 2.48. The minimum absolute atomic E-state index is 0.112. The highest BCUT2D eigenvalue weighted by atomic mass is 16.1. The van der Waals surface area contributed by atoms with E-state index in [2.05, 4.69) is 22.1 Å². The Hall–Kier alpha value is -1.62. The van der Waals surface area contributed by atoms with Crippen LogP contribution in [0.25, 0.3) is 0 Å². The Bertz CT molecular complexity index is 427. The van der Waals surface area contributed by atoms with Crippen LogP contribution < -0.4 is 11.1 Å². The molecule has 19 heavy (non-hydrogen) atoms. The maximum absolute atomic E-state index is 12.1. The zero-order valence-electron chi connectivity index (χ0n) is 11.4. The van der Waals surface area contributed by atoms with E-state index in [-0.39, 0.29) is 11.9 Å². The smallest absolute Gasteiger partial charge is 0.255 e. The van der Waals surface area contributed by atoms with Crippen LogP contribution in [0, 0.1) is 0 Å². The number of nitrogens with zero attached hydrogens (tertiary/aromatic N) is 2. The molecule has 2 heterocycles. The fourth-order valence-corrected chi connectivity index (χ4v) is 2.48. The van der Waals surface area contributed by atoms with Crippen LogP contribution in [-0.2, 0) is 0 Å². The summed E-state index contributed by atoms with van der Waals surface area (Å²) >= 11 is 0. The fraction of sp³-hybridized carbons (Fsp3) is 0.571. The van der Waals surface area contributed by atoms with E-state index < -0.39 is 0 Å². The van der Waals surface area contributed by atoms with Crippen molar-refractivity contribution in [3.05, 3.63) is 24.0 Å². The number of nitrogen functional groups attached to an aromatic ring is 1. The van der Waals surface area contributed by atoms with Crippen molar-refractivity contribution >= 4 is 11.6 Å². The van der Waals surface area contributed by atoms with Crippen molar-refractivity contribution in [2.75, 3.05) is 25.4 Å². The summed E-state index contributed by atoms with van der Waals surface area (Å²) in [5, 5.41) is 3.05. The monoisotopic (exact) mass is 262 g/mol. The third kappa shape index (κ3) is 3.67. The van der Waals surface area contributed by atoms with E-state index in [9.17, 15) is 4.79 Å². The van der Waals surface area contributed by atoms with E-state index in [1.165, 1.54) is 12.6 Å². The summed E-state index contributed by atoms with van der Waals surface area (Å²) in [6.07, 6.45) is 6.31.